The minimum absolute atomic E-state index is 0.140. The molecule has 158 valence electrons. The molecule has 0 aliphatic heterocycles. The van der Waals surface area contributed by atoms with Gasteiger partial charge in [-0.1, -0.05) is 17.3 Å². The van der Waals surface area contributed by atoms with Gasteiger partial charge in [0.1, 0.15) is 5.82 Å². The highest BCUT2D eigenvalue weighted by molar-refractivity contribution is 5.93. The molecule has 0 aliphatic rings. The molecule has 0 atom stereocenters. The minimum Gasteiger partial charge on any atom is -0.475 e. The third-order valence-electron chi connectivity index (χ3n) is 3.84. The van der Waals surface area contributed by atoms with Gasteiger partial charge in [0.25, 0.3) is 5.91 Å². The molecule has 1 aromatic carbocycles. The number of nitrogens with zero attached hydrogens (tertiary/aromatic N) is 4. The fraction of sp³-hybridized carbons (Fsp3) is 0.263. The van der Waals surface area contributed by atoms with Crippen molar-refractivity contribution in [3.05, 3.63) is 65.4 Å². The van der Waals surface area contributed by atoms with Crippen LogP contribution in [0.25, 0.3) is 5.69 Å². The molecule has 0 aliphatic carbocycles. The van der Waals surface area contributed by atoms with Crippen LogP contribution in [0, 0.1) is 5.82 Å². The summed E-state index contributed by atoms with van der Waals surface area (Å²) in [6, 6.07) is 7.61. The summed E-state index contributed by atoms with van der Waals surface area (Å²) < 4.78 is 60.3. The summed E-state index contributed by atoms with van der Waals surface area (Å²) in [6.45, 7) is 3.44. The number of halogens is 4. The maximum Gasteiger partial charge on any atom is 0.435 e. The van der Waals surface area contributed by atoms with Gasteiger partial charge in [-0.05, 0) is 38.1 Å². The standard InChI is InChI=1S/C19H17F4N5O2/c1-11(2)30-18-12(5-4-8-24-18)10-25-17(29)15-16(19(21,22)23)28(27-26-15)14-7-3-6-13(20)9-14/h3-9,11H,10H2,1-2H3,(H,25,29). The molecule has 3 rings (SSSR count). The van der Waals surface area contributed by atoms with Crippen molar-refractivity contribution < 1.29 is 27.1 Å². The van der Waals surface area contributed by atoms with E-state index in [-0.39, 0.29) is 24.2 Å². The van der Waals surface area contributed by atoms with Crippen molar-refractivity contribution in [3.8, 4) is 11.6 Å². The molecule has 0 unspecified atom stereocenters. The molecule has 0 bridgehead atoms. The van der Waals surface area contributed by atoms with Crippen molar-refractivity contribution in [2.24, 2.45) is 0 Å². The van der Waals surface area contributed by atoms with Gasteiger partial charge in [-0.2, -0.15) is 13.2 Å². The molecule has 7 nitrogen and oxygen atoms in total. The van der Waals surface area contributed by atoms with E-state index in [1.807, 2.05) is 0 Å². The first kappa shape index (κ1) is 21.2. The smallest absolute Gasteiger partial charge is 0.435 e. The molecule has 1 N–H and O–H groups in total. The van der Waals surface area contributed by atoms with Gasteiger partial charge in [-0.25, -0.2) is 14.1 Å². The summed E-state index contributed by atoms with van der Waals surface area (Å²) in [4.78, 5) is 16.5. The van der Waals surface area contributed by atoms with E-state index in [0.29, 0.717) is 10.2 Å². The van der Waals surface area contributed by atoms with Crippen LogP contribution in [0.1, 0.15) is 35.6 Å². The normalized spacial score (nSPS) is 11.6. The SMILES string of the molecule is CC(C)Oc1ncccc1CNC(=O)c1nnn(-c2cccc(F)c2)c1C(F)(F)F. The molecule has 3 aromatic rings. The number of alkyl halides is 3. The Morgan fingerprint density at radius 2 is 2.00 bits per heavy atom. The number of hydrogen-bond donors (Lipinski definition) is 1. The highest BCUT2D eigenvalue weighted by Gasteiger charge is 2.42. The number of hydrogen-bond acceptors (Lipinski definition) is 5. The molecule has 0 fully saturated rings. The molecule has 30 heavy (non-hydrogen) atoms. The summed E-state index contributed by atoms with van der Waals surface area (Å²) in [5, 5.41) is 9.16. The van der Waals surface area contributed by atoms with E-state index in [0.717, 1.165) is 12.1 Å². The molecule has 2 heterocycles. The molecule has 0 spiro atoms. The van der Waals surface area contributed by atoms with Gasteiger partial charge in [-0.3, -0.25) is 4.79 Å². The van der Waals surface area contributed by atoms with Crippen LogP contribution in [-0.4, -0.2) is 32.0 Å². The second-order valence-electron chi connectivity index (χ2n) is 6.49. The fourth-order valence-electron chi connectivity index (χ4n) is 2.62. The van der Waals surface area contributed by atoms with Gasteiger partial charge in [0.15, 0.2) is 11.4 Å². The first-order valence-corrected chi connectivity index (χ1v) is 8.84. The van der Waals surface area contributed by atoms with Crippen molar-refractivity contribution in [2.75, 3.05) is 0 Å². The Morgan fingerprint density at radius 1 is 1.23 bits per heavy atom. The van der Waals surface area contributed by atoms with Crippen LogP contribution in [0.2, 0.25) is 0 Å². The lowest BCUT2D eigenvalue weighted by molar-refractivity contribution is -0.143. The van der Waals surface area contributed by atoms with E-state index in [9.17, 15) is 22.4 Å². The molecule has 11 heteroatoms. The van der Waals surface area contributed by atoms with E-state index in [1.165, 1.54) is 18.3 Å². The monoisotopic (exact) mass is 423 g/mol. The number of aromatic nitrogens is 4. The van der Waals surface area contributed by atoms with Gasteiger partial charge >= 0.3 is 6.18 Å². The van der Waals surface area contributed by atoms with E-state index in [2.05, 4.69) is 20.6 Å². The lowest BCUT2D eigenvalue weighted by Gasteiger charge is -2.14. The van der Waals surface area contributed by atoms with Crippen LogP contribution in [-0.2, 0) is 12.7 Å². The molecule has 2 aromatic heterocycles. The Labute approximate surface area is 168 Å². The minimum atomic E-state index is -4.96. The second-order valence-corrected chi connectivity index (χ2v) is 6.49. The van der Waals surface area contributed by atoms with Gasteiger partial charge in [0.2, 0.25) is 5.88 Å². The summed E-state index contributed by atoms with van der Waals surface area (Å²) >= 11 is 0. The second kappa shape index (κ2) is 8.47. The zero-order valence-electron chi connectivity index (χ0n) is 15.9. The van der Waals surface area contributed by atoms with Crippen molar-refractivity contribution in [2.45, 2.75) is 32.7 Å². The van der Waals surface area contributed by atoms with Crippen LogP contribution in [0.3, 0.4) is 0 Å². The number of rotatable bonds is 6. The molecule has 0 saturated heterocycles. The Bertz CT molecular complexity index is 1050. The summed E-state index contributed by atoms with van der Waals surface area (Å²) in [5.41, 5.74) is -2.07. The van der Waals surface area contributed by atoms with Gasteiger partial charge in [0.05, 0.1) is 11.8 Å². The van der Waals surface area contributed by atoms with E-state index >= 15 is 0 Å². The Morgan fingerprint density at radius 3 is 2.67 bits per heavy atom. The molecule has 0 radical (unpaired) electrons. The number of benzene rings is 1. The van der Waals surface area contributed by atoms with Crippen LogP contribution >= 0.6 is 0 Å². The lowest BCUT2D eigenvalue weighted by atomic mass is 10.2. The summed E-state index contributed by atoms with van der Waals surface area (Å²) in [6.07, 6.45) is -3.64. The maximum atomic E-state index is 13.7. The van der Waals surface area contributed by atoms with Crippen molar-refractivity contribution in [1.29, 1.82) is 0 Å². The predicted molar refractivity (Wildman–Crippen MR) is 97.5 cm³/mol. The first-order chi connectivity index (χ1) is 14.2. The van der Waals surface area contributed by atoms with Crippen molar-refractivity contribution in [3.63, 3.8) is 0 Å². The Hall–Kier alpha value is -3.50. The van der Waals surface area contributed by atoms with E-state index < -0.39 is 29.3 Å². The number of nitrogens with one attached hydrogen (secondary N) is 1. The zero-order chi connectivity index (χ0) is 21.9. The summed E-state index contributed by atoms with van der Waals surface area (Å²) in [7, 11) is 0. The zero-order valence-corrected chi connectivity index (χ0v) is 15.9. The molecular weight excluding hydrogens is 406 g/mol. The third-order valence-corrected chi connectivity index (χ3v) is 3.84. The van der Waals surface area contributed by atoms with Crippen molar-refractivity contribution in [1.82, 2.24) is 25.3 Å². The maximum absolute atomic E-state index is 13.7. The molecular formula is C19H17F4N5O2. The number of carbonyl (C=O) groups excluding carboxylic acids is 1. The Kier molecular flexibility index (Phi) is 5.99. The molecule has 0 saturated carbocycles. The number of pyridine rings is 1. The third kappa shape index (κ3) is 4.73. The fourth-order valence-corrected chi connectivity index (χ4v) is 2.62. The van der Waals surface area contributed by atoms with E-state index in [1.54, 1.807) is 26.0 Å². The number of ether oxygens (including phenoxy) is 1. The van der Waals surface area contributed by atoms with Crippen molar-refractivity contribution >= 4 is 5.91 Å². The largest absolute Gasteiger partial charge is 0.475 e. The van der Waals surface area contributed by atoms with Crippen LogP contribution in [0.4, 0.5) is 17.6 Å². The lowest BCUT2D eigenvalue weighted by Crippen LogP contribution is -2.27. The quantitative estimate of drug-likeness (QED) is 0.614. The van der Waals surface area contributed by atoms with E-state index in [4.69, 9.17) is 4.74 Å². The predicted octanol–water partition coefficient (Wildman–Crippen LogP) is 3.54. The van der Waals surface area contributed by atoms with Gasteiger partial charge in [0, 0.05) is 18.3 Å². The average molecular weight is 423 g/mol. The number of carbonyl (C=O) groups is 1. The Balaban J connectivity index is 1.89. The average Bonchev–Trinajstić information content (AvgIpc) is 3.12. The topological polar surface area (TPSA) is 81.9 Å². The van der Waals surface area contributed by atoms with Gasteiger partial charge < -0.3 is 10.1 Å². The first-order valence-electron chi connectivity index (χ1n) is 8.84. The van der Waals surface area contributed by atoms with Gasteiger partial charge in [-0.15, -0.1) is 5.10 Å². The highest BCUT2D eigenvalue weighted by Crippen LogP contribution is 2.33. The van der Waals surface area contributed by atoms with Crippen LogP contribution in [0.5, 0.6) is 5.88 Å². The molecule has 1 amide bonds. The summed E-state index contributed by atoms with van der Waals surface area (Å²) in [5.74, 6) is -1.59. The number of amides is 1. The van der Waals surface area contributed by atoms with Crippen LogP contribution < -0.4 is 10.1 Å². The highest BCUT2D eigenvalue weighted by atomic mass is 19.4. The van der Waals surface area contributed by atoms with Crippen LogP contribution in [0.15, 0.2) is 42.6 Å².